The van der Waals surface area contributed by atoms with Crippen LogP contribution in [0.15, 0.2) is 23.1 Å². The van der Waals surface area contributed by atoms with Gasteiger partial charge in [-0.15, -0.1) is 0 Å². The van der Waals surface area contributed by atoms with Gasteiger partial charge in [-0.05, 0) is 18.2 Å². The molecular weight excluding hydrogens is 222 g/mol. The molecular formula is C8H9NO5S. The number of nitrogens with two attached hydrogens (primary N) is 1. The third-order valence-corrected chi connectivity index (χ3v) is 2.53. The first-order valence-corrected chi connectivity index (χ1v) is 5.14. The van der Waals surface area contributed by atoms with E-state index in [0.29, 0.717) is 0 Å². The lowest BCUT2D eigenvalue weighted by Crippen LogP contribution is -2.13. The molecule has 0 radical (unpaired) electrons. The molecule has 1 aromatic rings. The van der Waals surface area contributed by atoms with Crippen LogP contribution in [-0.2, 0) is 10.0 Å². The molecule has 0 aliphatic rings. The Morgan fingerprint density at radius 1 is 1.60 bits per heavy atom. The van der Waals surface area contributed by atoms with Crippen LogP contribution in [0.5, 0.6) is 5.75 Å². The summed E-state index contributed by atoms with van der Waals surface area (Å²) in [6.45, 7) is 0. The number of hydrogen-bond donors (Lipinski definition) is 2. The Hall–Kier alpha value is -1.60. The molecule has 0 saturated heterocycles. The molecule has 7 heteroatoms. The summed E-state index contributed by atoms with van der Waals surface area (Å²) in [5.41, 5.74) is -0.599. The quantitative estimate of drug-likeness (QED) is 0.767. The minimum atomic E-state index is -4.08. The summed E-state index contributed by atoms with van der Waals surface area (Å²) in [6, 6.07) is 2.62. The van der Waals surface area contributed by atoms with Crippen LogP contribution in [0.1, 0.15) is 14.5 Å². The number of ether oxygens (including phenoxy) is 1. The summed E-state index contributed by atoms with van der Waals surface area (Å²) in [5, 5.41) is 13.7. The molecule has 1 aromatic carbocycles. The van der Waals surface area contributed by atoms with Gasteiger partial charge in [0.1, 0.15) is 11.3 Å². The van der Waals surface area contributed by atoms with E-state index in [4.69, 9.17) is 14.4 Å². The lowest BCUT2D eigenvalue weighted by molar-refractivity contribution is 0.0693. The first kappa shape index (κ1) is 7.66. The molecule has 1 rings (SSSR count). The number of rotatable bonds is 3. The topological polar surface area (TPSA) is 107 Å². The van der Waals surface area contributed by atoms with Gasteiger partial charge < -0.3 is 9.84 Å². The van der Waals surface area contributed by atoms with Crippen LogP contribution in [0.4, 0.5) is 0 Å². The molecule has 82 valence electrons. The van der Waals surface area contributed by atoms with Gasteiger partial charge in [0.05, 0.1) is 16.0 Å². The fourth-order valence-corrected chi connectivity index (χ4v) is 1.48. The highest BCUT2D eigenvalue weighted by Gasteiger charge is 2.16. The van der Waals surface area contributed by atoms with Crippen LogP contribution in [-0.4, -0.2) is 26.5 Å². The van der Waals surface area contributed by atoms with Crippen molar-refractivity contribution < 1.29 is 27.2 Å². The fourth-order valence-electron chi connectivity index (χ4n) is 0.942. The maximum atomic E-state index is 11.0. The van der Waals surface area contributed by atoms with Gasteiger partial charge in [-0.1, -0.05) is 0 Å². The summed E-state index contributed by atoms with van der Waals surface area (Å²) >= 11 is 0. The zero-order valence-corrected chi connectivity index (χ0v) is 8.11. The van der Waals surface area contributed by atoms with E-state index in [0.717, 1.165) is 18.2 Å². The Morgan fingerprint density at radius 2 is 2.27 bits per heavy atom. The predicted molar refractivity (Wildman–Crippen MR) is 51.3 cm³/mol. The van der Waals surface area contributed by atoms with Crippen molar-refractivity contribution in [2.24, 2.45) is 5.14 Å². The van der Waals surface area contributed by atoms with E-state index in [-0.39, 0.29) is 0 Å². The lowest BCUT2D eigenvalue weighted by atomic mass is 10.2. The molecule has 3 N–H and O–H groups in total. The largest absolute Gasteiger partial charge is 0.496 e. The van der Waals surface area contributed by atoms with E-state index in [1.54, 1.807) is 0 Å². The van der Waals surface area contributed by atoms with Crippen molar-refractivity contribution in [2.75, 3.05) is 7.04 Å². The Bertz CT molecular complexity index is 581. The number of benzene rings is 1. The van der Waals surface area contributed by atoms with Crippen LogP contribution < -0.4 is 9.88 Å². The molecule has 0 bridgehead atoms. The SMILES string of the molecule is [2H]C([2H])([2H])Oc1ccc(S(N)(=O)=O)cc1C(=O)O. The highest BCUT2D eigenvalue weighted by molar-refractivity contribution is 7.89. The number of hydrogen-bond acceptors (Lipinski definition) is 4. The number of sulfonamides is 1. The molecule has 0 heterocycles. The van der Waals surface area contributed by atoms with Crippen molar-refractivity contribution in [2.45, 2.75) is 4.90 Å². The van der Waals surface area contributed by atoms with Crippen LogP contribution in [0.2, 0.25) is 0 Å². The minimum absolute atomic E-state index is 0.446. The number of aromatic carboxylic acids is 1. The second kappa shape index (κ2) is 3.87. The van der Waals surface area contributed by atoms with E-state index in [2.05, 4.69) is 4.74 Å². The van der Waals surface area contributed by atoms with Crippen molar-refractivity contribution in [3.8, 4) is 5.75 Å². The molecule has 0 aromatic heterocycles. The van der Waals surface area contributed by atoms with Gasteiger partial charge in [-0.25, -0.2) is 18.4 Å². The van der Waals surface area contributed by atoms with E-state index >= 15 is 0 Å². The molecule has 6 nitrogen and oxygen atoms in total. The van der Waals surface area contributed by atoms with Gasteiger partial charge in [-0.2, -0.15) is 0 Å². The zero-order chi connectivity index (χ0) is 14.1. The summed E-state index contributed by atoms with van der Waals surface area (Å²) in [7, 11) is -6.92. The molecule has 0 unspecified atom stereocenters. The first-order valence-electron chi connectivity index (χ1n) is 5.10. The first-order chi connectivity index (χ1) is 8.00. The smallest absolute Gasteiger partial charge is 0.339 e. The monoisotopic (exact) mass is 234 g/mol. The third kappa shape index (κ3) is 2.45. The minimum Gasteiger partial charge on any atom is -0.496 e. The highest BCUT2D eigenvalue weighted by atomic mass is 32.2. The summed E-state index contributed by atoms with van der Waals surface area (Å²) in [6.07, 6.45) is 0. The standard InChI is InChI=1S/C8H9NO5S/c1-14-7-3-2-5(15(9,12)13)4-6(7)8(10)11/h2-4H,1H3,(H,10,11)(H2,9,12,13)/i1D3. The maximum Gasteiger partial charge on any atom is 0.339 e. The fraction of sp³-hybridized carbons (Fsp3) is 0.125. The van der Waals surface area contributed by atoms with Crippen LogP contribution in [0, 0.1) is 0 Å². The van der Waals surface area contributed by atoms with E-state index in [9.17, 15) is 13.2 Å². The molecule has 0 aliphatic heterocycles. The van der Waals surface area contributed by atoms with Gasteiger partial charge in [0.2, 0.25) is 10.0 Å². The molecule has 0 atom stereocenters. The van der Waals surface area contributed by atoms with Crippen molar-refractivity contribution >= 4 is 16.0 Å². The van der Waals surface area contributed by atoms with Crippen molar-refractivity contribution in [1.82, 2.24) is 0 Å². The number of carboxylic acids is 1. The average Bonchev–Trinajstić information content (AvgIpc) is 2.13. The van der Waals surface area contributed by atoms with Gasteiger partial charge >= 0.3 is 5.97 Å². The second-order valence-corrected chi connectivity index (χ2v) is 4.17. The Labute approximate surface area is 90.5 Å². The second-order valence-electron chi connectivity index (χ2n) is 2.61. The number of primary sulfonamides is 1. The van der Waals surface area contributed by atoms with Gasteiger partial charge in [0.25, 0.3) is 0 Å². The van der Waals surface area contributed by atoms with E-state index in [1.165, 1.54) is 0 Å². The average molecular weight is 234 g/mol. The van der Waals surface area contributed by atoms with Gasteiger partial charge in [0, 0.05) is 0 Å². The Balaban J connectivity index is 3.35. The molecule has 0 amide bonds. The third-order valence-electron chi connectivity index (χ3n) is 1.62. The normalized spacial score (nSPS) is 14.9. The van der Waals surface area contributed by atoms with E-state index in [1.807, 2.05) is 0 Å². The predicted octanol–water partition coefficient (Wildman–Crippen LogP) is 0.0408. The number of carbonyl (C=O) groups is 1. The zero-order valence-electron chi connectivity index (χ0n) is 10.3. The highest BCUT2D eigenvalue weighted by Crippen LogP contribution is 2.21. The Kier molecular flexibility index (Phi) is 1.98. The van der Waals surface area contributed by atoms with Gasteiger partial charge in [0.15, 0.2) is 0 Å². The van der Waals surface area contributed by atoms with Crippen molar-refractivity contribution in [1.29, 1.82) is 0 Å². The summed E-state index contributed by atoms with van der Waals surface area (Å²) < 4.78 is 47.1. The molecule has 0 saturated carbocycles. The number of methoxy groups -OCH3 is 1. The van der Waals surface area contributed by atoms with Crippen LogP contribution in [0.25, 0.3) is 0 Å². The maximum absolute atomic E-state index is 11.0. The summed E-state index contributed by atoms with van der Waals surface area (Å²) in [5.74, 6) is -1.99. The molecule has 0 aliphatic carbocycles. The van der Waals surface area contributed by atoms with Crippen molar-refractivity contribution in [3.05, 3.63) is 23.8 Å². The molecule has 15 heavy (non-hydrogen) atoms. The lowest BCUT2D eigenvalue weighted by Gasteiger charge is -2.05. The van der Waals surface area contributed by atoms with Gasteiger partial charge in [-0.3, -0.25) is 0 Å². The van der Waals surface area contributed by atoms with Crippen LogP contribution in [0.3, 0.4) is 0 Å². The summed E-state index contributed by atoms with van der Waals surface area (Å²) in [4.78, 5) is 10.4. The molecule has 0 spiro atoms. The number of carboxylic acid groups (broad SMARTS) is 1. The van der Waals surface area contributed by atoms with E-state index < -0.39 is 39.2 Å². The van der Waals surface area contributed by atoms with Crippen molar-refractivity contribution in [3.63, 3.8) is 0 Å². The Morgan fingerprint density at radius 3 is 2.73 bits per heavy atom. The molecule has 0 fully saturated rings. The van der Waals surface area contributed by atoms with Crippen LogP contribution >= 0.6 is 0 Å².